The number of nitrogens with one attached hydrogen (secondary N) is 1. The van der Waals surface area contributed by atoms with E-state index in [2.05, 4.69) is 5.32 Å². The summed E-state index contributed by atoms with van der Waals surface area (Å²) >= 11 is 0. The van der Waals surface area contributed by atoms with Gasteiger partial charge in [0.1, 0.15) is 18.3 Å². The zero-order valence-corrected chi connectivity index (χ0v) is 19.0. The molecule has 0 spiro atoms. The minimum Gasteiger partial charge on any atom is -0.388 e. The molecule has 2 fully saturated rings. The van der Waals surface area contributed by atoms with Crippen molar-refractivity contribution in [1.29, 1.82) is 0 Å². The van der Waals surface area contributed by atoms with Gasteiger partial charge in [0.05, 0.1) is 12.6 Å². The number of piperidine rings is 1. The summed E-state index contributed by atoms with van der Waals surface area (Å²) in [5.41, 5.74) is 0. The number of carbonyl (C=O) groups excluding carboxylic acids is 2. The third-order valence-corrected chi connectivity index (χ3v) is 5.95. The number of nitrogens with zero attached hydrogens (tertiary/aromatic N) is 2. The largest absolute Gasteiger partial charge is 0.388 e. The van der Waals surface area contributed by atoms with Crippen LogP contribution in [-0.2, 0) is 14.3 Å². The SMILES string of the molecule is CC(C)CC(=O)N1CCN(C(=O)[C@@H]2CCCCN2)CCCCOC[C@@H](O)[C@H](O)[C@@H](O)C1. The highest BCUT2D eigenvalue weighted by atomic mass is 16.5. The summed E-state index contributed by atoms with van der Waals surface area (Å²) < 4.78 is 5.43. The summed E-state index contributed by atoms with van der Waals surface area (Å²) in [4.78, 5) is 29.2. The Morgan fingerprint density at radius 3 is 2.42 bits per heavy atom. The molecule has 0 radical (unpaired) electrons. The van der Waals surface area contributed by atoms with Gasteiger partial charge < -0.3 is 35.2 Å². The average molecular weight is 444 g/mol. The molecule has 0 aromatic carbocycles. The van der Waals surface area contributed by atoms with Crippen LogP contribution in [0.3, 0.4) is 0 Å². The molecule has 0 aromatic rings. The van der Waals surface area contributed by atoms with Crippen LogP contribution in [0.4, 0.5) is 0 Å². The van der Waals surface area contributed by atoms with Crippen LogP contribution < -0.4 is 5.32 Å². The first-order chi connectivity index (χ1) is 14.8. The van der Waals surface area contributed by atoms with Crippen molar-refractivity contribution < 1.29 is 29.6 Å². The molecule has 2 amide bonds. The number of hydrogen-bond acceptors (Lipinski definition) is 7. The van der Waals surface area contributed by atoms with E-state index in [1.165, 1.54) is 4.90 Å². The first kappa shape index (κ1) is 26.0. The summed E-state index contributed by atoms with van der Waals surface area (Å²) in [6.45, 7) is 6.15. The fraction of sp³-hybridized carbons (Fsp3) is 0.909. The number of aliphatic hydroxyl groups excluding tert-OH is 3. The summed E-state index contributed by atoms with van der Waals surface area (Å²) in [5, 5.41) is 34.1. The fourth-order valence-corrected chi connectivity index (χ4v) is 4.05. The zero-order valence-electron chi connectivity index (χ0n) is 19.0. The molecule has 2 aliphatic rings. The van der Waals surface area contributed by atoms with Gasteiger partial charge in [0, 0.05) is 39.2 Å². The summed E-state index contributed by atoms with van der Waals surface area (Å²) in [6.07, 6.45) is 0.743. The van der Waals surface area contributed by atoms with Crippen molar-refractivity contribution in [3.05, 3.63) is 0 Å². The van der Waals surface area contributed by atoms with Gasteiger partial charge in [-0.3, -0.25) is 9.59 Å². The minimum atomic E-state index is -1.42. The molecule has 0 aromatic heterocycles. The molecular weight excluding hydrogens is 402 g/mol. The Morgan fingerprint density at radius 1 is 1.00 bits per heavy atom. The van der Waals surface area contributed by atoms with Gasteiger partial charge in [0.25, 0.3) is 0 Å². The Morgan fingerprint density at radius 2 is 1.74 bits per heavy atom. The van der Waals surface area contributed by atoms with Crippen LogP contribution in [-0.4, -0.2) is 107 Å². The predicted molar refractivity (Wildman–Crippen MR) is 116 cm³/mol. The third kappa shape index (κ3) is 8.65. The lowest BCUT2D eigenvalue weighted by molar-refractivity contribution is -0.140. The molecule has 4 N–H and O–H groups in total. The quantitative estimate of drug-likeness (QED) is 0.473. The molecule has 4 atom stereocenters. The second kappa shape index (κ2) is 13.3. The van der Waals surface area contributed by atoms with Crippen molar-refractivity contribution in [2.45, 2.75) is 76.7 Å². The topological polar surface area (TPSA) is 123 Å². The number of ether oxygens (including phenoxy) is 1. The normalized spacial score (nSPS) is 30.1. The molecule has 31 heavy (non-hydrogen) atoms. The lowest BCUT2D eigenvalue weighted by Gasteiger charge is -2.34. The predicted octanol–water partition coefficient (Wildman–Crippen LogP) is -0.275. The van der Waals surface area contributed by atoms with E-state index in [1.807, 2.05) is 18.7 Å². The average Bonchev–Trinajstić information content (AvgIpc) is 2.75. The maximum atomic E-state index is 13.1. The van der Waals surface area contributed by atoms with Crippen molar-refractivity contribution in [2.24, 2.45) is 5.92 Å². The van der Waals surface area contributed by atoms with E-state index in [4.69, 9.17) is 4.74 Å². The van der Waals surface area contributed by atoms with Crippen LogP contribution in [0.1, 0.15) is 52.4 Å². The smallest absolute Gasteiger partial charge is 0.239 e. The second-order valence-electron chi connectivity index (χ2n) is 9.17. The van der Waals surface area contributed by atoms with Gasteiger partial charge >= 0.3 is 0 Å². The van der Waals surface area contributed by atoms with Crippen LogP contribution in [0, 0.1) is 5.92 Å². The Labute approximate surface area is 185 Å². The van der Waals surface area contributed by atoms with Crippen molar-refractivity contribution in [3.63, 3.8) is 0 Å². The van der Waals surface area contributed by atoms with Crippen molar-refractivity contribution >= 4 is 11.8 Å². The lowest BCUT2D eigenvalue weighted by Crippen LogP contribution is -2.52. The molecule has 2 saturated heterocycles. The molecule has 180 valence electrons. The van der Waals surface area contributed by atoms with Crippen molar-refractivity contribution in [2.75, 3.05) is 45.9 Å². The Balaban J connectivity index is 2.13. The molecular formula is C22H41N3O6. The van der Waals surface area contributed by atoms with Gasteiger partial charge in [-0.2, -0.15) is 0 Å². The highest BCUT2D eigenvalue weighted by Gasteiger charge is 2.30. The number of hydrogen-bond donors (Lipinski definition) is 4. The molecule has 0 bridgehead atoms. The van der Waals surface area contributed by atoms with E-state index in [-0.39, 0.29) is 43.5 Å². The lowest BCUT2D eigenvalue weighted by atomic mass is 10.0. The standard InChI is InChI=1S/C22H41N3O6/c1-16(2)13-20(28)25-11-10-24(22(30)17-7-3-4-8-23-17)9-5-6-12-31-15-19(27)21(29)18(26)14-25/h16-19,21,23,26-27,29H,3-15H2,1-2H3/t17-,18-,19+,21+/m0/s1. The van der Waals surface area contributed by atoms with Gasteiger partial charge in [-0.25, -0.2) is 0 Å². The zero-order chi connectivity index (χ0) is 22.8. The van der Waals surface area contributed by atoms with E-state index in [9.17, 15) is 24.9 Å². The fourth-order valence-electron chi connectivity index (χ4n) is 4.05. The number of rotatable bonds is 3. The maximum Gasteiger partial charge on any atom is 0.239 e. The van der Waals surface area contributed by atoms with E-state index in [1.54, 1.807) is 0 Å². The highest BCUT2D eigenvalue weighted by molar-refractivity contribution is 5.82. The van der Waals surface area contributed by atoms with E-state index in [0.717, 1.165) is 32.2 Å². The first-order valence-electron chi connectivity index (χ1n) is 11.7. The Bertz CT molecular complexity index is 555. The van der Waals surface area contributed by atoms with Gasteiger partial charge in [-0.05, 0) is 38.1 Å². The van der Waals surface area contributed by atoms with Crippen LogP contribution in [0.2, 0.25) is 0 Å². The van der Waals surface area contributed by atoms with Gasteiger partial charge in [0.2, 0.25) is 11.8 Å². The number of aliphatic hydroxyl groups is 3. The summed E-state index contributed by atoms with van der Waals surface area (Å²) in [5.74, 6) is 0.0630. The molecule has 2 aliphatic heterocycles. The molecule has 9 heteroatoms. The summed E-state index contributed by atoms with van der Waals surface area (Å²) in [7, 11) is 0. The summed E-state index contributed by atoms with van der Waals surface area (Å²) in [6, 6.07) is -0.189. The monoisotopic (exact) mass is 443 g/mol. The highest BCUT2D eigenvalue weighted by Crippen LogP contribution is 2.13. The minimum absolute atomic E-state index is 0.0555. The van der Waals surface area contributed by atoms with Gasteiger partial charge in [0.15, 0.2) is 0 Å². The molecule has 2 rings (SSSR count). The first-order valence-corrected chi connectivity index (χ1v) is 11.7. The van der Waals surface area contributed by atoms with Crippen LogP contribution >= 0.6 is 0 Å². The molecule has 9 nitrogen and oxygen atoms in total. The van der Waals surface area contributed by atoms with Gasteiger partial charge in [-0.15, -0.1) is 0 Å². The molecule has 0 saturated carbocycles. The number of carbonyl (C=O) groups is 2. The van der Waals surface area contributed by atoms with Gasteiger partial charge in [-0.1, -0.05) is 20.3 Å². The molecule has 2 heterocycles. The number of amides is 2. The van der Waals surface area contributed by atoms with Crippen molar-refractivity contribution in [3.8, 4) is 0 Å². The third-order valence-electron chi connectivity index (χ3n) is 5.95. The number of β-amino-alcohol motifs (C(OH)–C–C–N with tert-alkyl or cyclic N) is 1. The molecule has 0 unspecified atom stereocenters. The van der Waals surface area contributed by atoms with E-state index < -0.39 is 18.3 Å². The van der Waals surface area contributed by atoms with E-state index >= 15 is 0 Å². The Hall–Kier alpha value is -1.26. The van der Waals surface area contributed by atoms with Crippen LogP contribution in [0.25, 0.3) is 0 Å². The van der Waals surface area contributed by atoms with Crippen LogP contribution in [0.5, 0.6) is 0 Å². The second-order valence-corrected chi connectivity index (χ2v) is 9.17. The van der Waals surface area contributed by atoms with Crippen LogP contribution in [0.15, 0.2) is 0 Å². The molecule has 0 aliphatic carbocycles. The van der Waals surface area contributed by atoms with Crippen molar-refractivity contribution in [1.82, 2.24) is 15.1 Å². The van der Waals surface area contributed by atoms with E-state index in [0.29, 0.717) is 32.5 Å². The maximum absolute atomic E-state index is 13.1. The Kier molecular flexibility index (Phi) is 11.2.